The maximum Gasteiger partial charge on any atom is 0.337 e. The van der Waals surface area contributed by atoms with Crippen LogP contribution >= 0.6 is 23.2 Å². The van der Waals surface area contributed by atoms with Crippen LogP contribution in [0.5, 0.6) is 0 Å². The second kappa shape index (κ2) is 7.11. The summed E-state index contributed by atoms with van der Waals surface area (Å²) in [7, 11) is -3.92. The predicted octanol–water partition coefficient (Wildman–Crippen LogP) is 1.99. The van der Waals surface area contributed by atoms with Crippen molar-refractivity contribution in [1.29, 1.82) is 0 Å². The summed E-state index contributed by atoms with van der Waals surface area (Å²) in [5, 5.41) is 11.0. The summed E-state index contributed by atoms with van der Waals surface area (Å²) in [5.41, 5.74) is -0.402. The molecular weight excluding hydrogens is 341 g/mol. The third-order valence-corrected chi connectivity index (χ3v) is 5.01. The molecule has 1 aromatic rings. The summed E-state index contributed by atoms with van der Waals surface area (Å²) in [6.07, 6.45) is -0.249. The van der Waals surface area contributed by atoms with E-state index in [9.17, 15) is 18.0 Å². The first kappa shape index (κ1) is 17.7. The second-order valence-corrected chi connectivity index (χ2v) is 6.98. The largest absolute Gasteiger partial charge is 0.478 e. The van der Waals surface area contributed by atoms with E-state index in [4.69, 9.17) is 28.3 Å². The molecule has 0 atom stereocenters. The second-order valence-electron chi connectivity index (χ2n) is 4.09. The topological polar surface area (TPSA) is 101 Å². The number of sulfone groups is 1. The standard InChI is InChI=1S/C12H13Cl2NO5S/c1-2-15-10(16)3-4-21(19,20)9-6-7(13)5-8(11(9)14)12(17)18/h5-6H,2-4H2,1H3,(H,15,16)(H,17,18). The zero-order chi connectivity index (χ0) is 16.2. The Labute approximate surface area is 132 Å². The first-order valence-electron chi connectivity index (χ1n) is 5.90. The summed E-state index contributed by atoms with van der Waals surface area (Å²) < 4.78 is 24.3. The molecule has 1 amide bonds. The van der Waals surface area contributed by atoms with Gasteiger partial charge in [0.25, 0.3) is 0 Å². The Balaban J connectivity index is 3.14. The molecule has 21 heavy (non-hydrogen) atoms. The lowest BCUT2D eigenvalue weighted by molar-refractivity contribution is -0.120. The van der Waals surface area contributed by atoms with Crippen LogP contribution < -0.4 is 5.32 Å². The van der Waals surface area contributed by atoms with E-state index in [0.29, 0.717) is 6.54 Å². The molecule has 0 aliphatic heterocycles. The van der Waals surface area contributed by atoms with Gasteiger partial charge in [-0.05, 0) is 19.1 Å². The van der Waals surface area contributed by atoms with E-state index < -0.39 is 42.9 Å². The molecule has 1 rings (SSSR count). The van der Waals surface area contributed by atoms with Crippen LogP contribution in [-0.2, 0) is 14.6 Å². The average Bonchev–Trinajstić information content (AvgIpc) is 2.39. The van der Waals surface area contributed by atoms with Gasteiger partial charge < -0.3 is 10.4 Å². The summed E-state index contributed by atoms with van der Waals surface area (Å²) in [4.78, 5) is 21.9. The number of rotatable bonds is 6. The van der Waals surface area contributed by atoms with E-state index in [1.807, 2.05) is 0 Å². The molecule has 0 aromatic heterocycles. The third kappa shape index (κ3) is 4.59. The van der Waals surface area contributed by atoms with Gasteiger partial charge in [0.1, 0.15) is 0 Å². The van der Waals surface area contributed by atoms with Crippen molar-refractivity contribution in [3.8, 4) is 0 Å². The molecular formula is C12H13Cl2NO5S. The fourth-order valence-corrected chi connectivity index (χ4v) is 3.76. The minimum atomic E-state index is -3.92. The highest BCUT2D eigenvalue weighted by atomic mass is 35.5. The Bertz CT molecular complexity index is 672. The fraction of sp³-hybridized carbons (Fsp3) is 0.333. The van der Waals surface area contributed by atoms with Crippen LogP contribution in [0.2, 0.25) is 10.0 Å². The number of carbonyl (C=O) groups excluding carboxylic acids is 1. The first-order chi connectivity index (χ1) is 9.69. The smallest absolute Gasteiger partial charge is 0.337 e. The minimum absolute atomic E-state index is 0.0617. The van der Waals surface area contributed by atoms with Crippen molar-refractivity contribution in [2.75, 3.05) is 12.3 Å². The molecule has 0 fully saturated rings. The van der Waals surface area contributed by atoms with E-state index in [-0.39, 0.29) is 11.4 Å². The van der Waals surface area contributed by atoms with E-state index >= 15 is 0 Å². The number of carboxylic acid groups (broad SMARTS) is 1. The Morgan fingerprint density at radius 3 is 2.43 bits per heavy atom. The number of hydrogen-bond acceptors (Lipinski definition) is 4. The molecule has 2 N–H and O–H groups in total. The normalized spacial score (nSPS) is 11.2. The molecule has 0 heterocycles. The quantitative estimate of drug-likeness (QED) is 0.814. The SMILES string of the molecule is CCNC(=O)CCS(=O)(=O)c1cc(Cl)cc(C(=O)O)c1Cl. The lowest BCUT2D eigenvalue weighted by Gasteiger charge is -2.09. The van der Waals surface area contributed by atoms with Gasteiger partial charge in [-0.25, -0.2) is 13.2 Å². The van der Waals surface area contributed by atoms with Gasteiger partial charge >= 0.3 is 5.97 Å². The molecule has 0 saturated heterocycles. The number of halogens is 2. The van der Waals surface area contributed by atoms with Crippen molar-refractivity contribution in [3.05, 3.63) is 27.7 Å². The van der Waals surface area contributed by atoms with Crippen LogP contribution in [0.15, 0.2) is 17.0 Å². The van der Waals surface area contributed by atoms with Crippen LogP contribution in [-0.4, -0.2) is 37.7 Å². The summed E-state index contributed by atoms with van der Waals surface area (Å²) in [5.74, 6) is -2.29. The summed E-state index contributed by atoms with van der Waals surface area (Å²) >= 11 is 11.5. The van der Waals surface area contributed by atoms with E-state index in [0.717, 1.165) is 12.1 Å². The van der Waals surface area contributed by atoms with Crippen molar-refractivity contribution in [2.24, 2.45) is 0 Å². The highest BCUT2D eigenvalue weighted by Crippen LogP contribution is 2.30. The van der Waals surface area contributed by atoms with Crippen LogP contribution in [0.3, 0.4) is 0 Å². The molecule has 0 aliphatic rings. The van der Waals surface area contributed by atoms with Gasteiger partial charge in [-0.1, -0.05) is 23.2 Å². The molecule has 1 aromatic carbocycles. The van der Waals surface area contributed by atoms with Crippen LogP contribution in [0, 0.1) is 0 Å². The van der Waals surface area contributed by atoms with Crippen molar-refractivity contribution in [2.45, 2.75) is 18.2 Å². The van der Waals surface area contributed by atoms with E-state index in [1.54, 1.807) is 6.92 Å². The molecule has 0 spiro atoms. The van der Waals surface area contributed by atoms with Gasteiger partial charge in [-0.15, -0.1) is 0 Å². The van der Waals surface area contributed by atoms with Crippen LogP contribution in [0.4, 0.5) is 0 Å². The summed E-state index contributed by atoms with van der Waals surface area (Å²) in [6, 6.07) is 2.14. The third-order valence-electron chi connectivity index (χ3n) is 2.54. The minimum Gasteiger partial charge on any atom is -0.478 e. The zero-order valence-corrected chi connectivity index (χ0v) is 13.3. The molecule has 0 aliphatic carbocycles. The van der Waals surface area contributed by atoms with Crippen molar-refractivity contribution in [1.82, 2.24) is 5.32 Å². The maximum absolute atomic E-state index is 12.2. The Morgan fingerprint density at radius 1 is 1.29 bits per heavy atom. The van der Waals surface area contributed by atoms with Crippen LogP contribution in [0.25, 0.3) is 0 Å². The molecule has 6 nitrogen and oxygen atoms in total. The van der Waals surface area contributed by atoms with Gasteiger partial charge in [-0.2, -0.15) is 0 Å². The number of benzene rings is 1. The Hall–Kier alpha value is -1.31. The van der Waals surface area contributed by atoms with Crippen molar-refractivity contribution in [3.63, 3.8) is 0 Å². The maximum atomic E-state index is 12.2. The number of amides is 1. The van der Waals surface area contributed by atoms with E-state index in [2.05, 4.69) is 5.32 Å². The molecule has 9 heteroatoms. The number of carbonyl (C=O) groups is 2. The average molecular weight is 354 g/mol. The lowest BCUT2D eigenvalue weighted by atomic mass is 10.2. The Morgan fingerprint density at radius 2 is 1.90 bits per heavy atom. The molecule has 0 bridgehead atoms. The first-order valence-corrected chi connectivity index (χ1v) is 8.31. The van der Waals surface area contributed by atoms with Crippen molar-refractivity contribution < 1.29 is 23.1 Å². The molecule has 116 valence electrons. The van der Waals surface area contributed by atoms with Crippen molar-refractivity contribution >= 4 is 44.9 Å². The highest BCUT2D eigenvalue weighted by Gasteiger charge is 2.24. The van der Waals surface area contributed by atoms with Gasteiger partial charge in [0.2, 0.25) is 5.91 Å². The number of aromatic carboxylic acids is 1. The molecule has 0 radical (unpaired) electrons. The Kier molecular flexibility index (Phi) is 6.00. The molecule has 0 saturated carbocycles. The number of hydrogen-bond donors (Lipinski definition) is 2. The number of nitrogens with one attached hydrogen (secondary N) is 1. The van der Waals surface area contributed by atoms with Gasteiger partial charge in [-0.3, -0.25) is 4.79 Å². The van der Waals surface area contributed by atoms with Gasteiger partial charge in [0, 0.05) is 18.0 Å². The van der Waals surface area contributed by atoms with Gasteiger partial charge in [0.15, 0.2) is 9.84 Å². The number of carboxylic acids is 1. The lowest BCUT2D eigenvalue weighted by Crippen LogP contribution is -2.25. The zero-order valence-electron chi connectivity index (χ0n) is 11.0. The summed E-state index contributed by atoms with van der Waals surface area (Å²) in [6.45, 7) is 2.10. The fourth-order valence-electron chi connectivity index (χ4n) is 1.57. The molecule has 0 unspecified atom stereocenters. The van der Waals surface area contributed by atoms with Crippen LogP contribution in [0.1, 0.15) is 23.7 Å². The highest BCUT2D eigenvalue weighted by molar-refractivity contribution is 7.91. The van der Waals surface area contributed by atoms with Gasteiger partial charge in [0.05, 0.1) is 21.2 Å². The predicted molar refractivity (Wildman–Crippen MR) is 78.8 cm³/mol. The monoisotopic (exact) mass is 353 g/mol. The van der Waals surface area contributed by atoms with E-state index in [1.165, 1.54) is 0 Å².